The van der Waals surface area contributed by atoms with Gasteiger partial charge in [-0.25, -0.2) is 17.9 Å². The van der Waals surface area contributed by atoms with Gasteiger partial charge in [0.2, 0.25) is 0 Å². The molecule has 5 rings (SSSR count). The van der Waals surface area contributed by atoms with Crippen LogP contribution in [0, 0.1) is 17.5 Å². The molecular formula is C23H18F6N6O4. The number of hydrogen-bond acceptors (Lipinski definition) is 8. The largest absolute Gasteiger partial charge is 0.416 e. The van der Waals surface area contributed by atoms with Gasteiger partial charge in [-0.1, -0.05) is 11.3 Å². The third-order valence-electron chi connectivity index (χ3n) is 6.27. The van der Waals surface area contributed by atoms with Gasteiger partial charge in [-0.2, -0.15) is 13.2 Å². The van der Waals surface area contributed by atoms with Crippen LogP contribution in [0.2, 0.25) is 0 Å². The molecule has 0 amide bonds. The molecule has 3 N–H and O–H groups in total. The minimum atomic E-state index is -4.64. The van der Waals surface area contributed by atoms with Crippen LogP contribution in [0.4, 0.5) is 26.3 Å². The molecule has 1 aliphatic heterocycles. The number of halogens is 6. The number of alkyl halides is 3. The van der Waals surface area contributed by atoms with Crippen LogP contribution in [-0.4, -0.2) is 70.0 Å². The molecule has 2 aromatic heterocycles. The predicted molar refractivity (Wildman–Crippen MR) is 117 cm³/mol. The predicted octanol–water partition coefficient (Wildman–Crippen LogP) is 2.36. The minimum Gasteiger partial charge on any atom is -0.394 e. The maximum atomic E-state index is 13.7. The molecule has 39 heavy (non-hydrogen) atoms. The molecule has 0 unspecified atom stereocenters. The molecule has 10 nitrogen and oxygen atoms in total. The van der Waals surface area contributed by atoms with Crippen LogP contribution in [0.1, 0.15) is 23.5 Å². The van der Waals surface area contributed by atoms with Crippen molar-refractivity contribution in [2.75, 3.05) is 6.61 Å². The molecule has 206 valence electrons. The quantitative estimate of drug-likeness (QED) is 0.252. The van der Waals surface area contributed by atoms with Gasteiger partial charge in [0.05, 0.1) is 18.4 Å². The smallest absolute Gasteiger partial charge is 0.394 e. The van der Waals surface area contributed by atoms with Crippen LogP contribution in [0.15, 0.2) is 48.9 Å². The SMILES string of the molecule is OC[C@H]1O[C@@H](c2nncn2-c2cccc(C(F)(F)F)c2)[C@H](O)[C@@H](n2cc(-c3cc(F)c(F)c(F)c3)nn2)[C@H]1O. The van der Waals surface area contributed by atoms with E-state index < -0.39 is 66.3 Å². The van der Waals surface area contributed by atoms with E-state index in [4.69, 9.17) is 4.74 Å². The molecule has 3 heterocycles. The molecule has 2 aromatic carbocycles. The summed E-state index contributed by atoms with van der Waals surface area (Å²) in [5.74, 6) is -4.78. The normalized spacial score (nSPS) is 23.8. The zero-order valence-electron chi connectivity index (χ0n) is 19.4. The second-order valence-electron chi connectivity index (χ2n) is 8.69. The maximum Gasteiger partial charge on any atom is 0.416 e. The van der Waals surface area contributed by atoms with E-state index in [9.17, 15) is 41.7 Å². The zero-order valence-corrected chi connectivity index (χ0v) is 19.4. The second kappa shape index (κ2) is 10.0. The summed E-state index contributed by atoms with van der Waals surface area (Å²) in [4.78, 5) is 0. The van der Waals surface area contributed by atoms with Crippen LogP contribution in [-0.2, 0) is 10.9 Å². The first-order valence-corrected chi connectivity index (χ1v) is 11.3. The summed E-state index contributed by atoms with van der Waals surface area (Å²) in [6.07, 6.45) is -8.47. The molecule has 0 saturated carbocycles. The summed E-state index contributed by atoms with van der Waals surface area (Å²) in [5.41, 5.74) is -1.28. The van der Waals surface area contributed by atoms with Gasteiger partial charge in [0.25, 0.3) is 0 Å². The Labute approximate surface area is 214 Å². The van der Waals surface area contributed by atoms with Crippen molar-refractivity contribution in [2.24, 2.45) is 0 Å². The van der Waals surface area contributed by atoms with Crippen molar-refractivity contribution in [1.29, 1.82) is 0 Å². The van der Waals surface area contributed by atoms with Crippen molar-refractivity contribution in [2.45, 2.75) is 36.6 Å². The van der Waals surface area contributed by atoms with Crippen LogP contribution < -0.4 is 0 Å². The van der Waals surface area contributed by atoms with Gasteiger partial charge in [-0.15, -0.1) is 15.3 Å². The van der Waals surface area contributed by atoms with E-state index in [-0.39, 0.29) is 22.8 Å². The van der Waals surface area contributed by atoms with E-state index in [0.717, 1.165) is 33.9 Å². The Balaban J connectivity index is 1.51. The Morgan fingerprint density at radius 3 is 2.36 bits per heavy atom. The molecule has 0 radical (unpaired) electrons. The molecular weight excluding hydrogens is 538 g/mol. The summed E-state index contributed by atoms with van der Waals surface area (Å²) in [7, 11) is 0. The third kappa shape index (κ3) is 4.87. The summed E-state index contributed by atoms with van der Waals surface area (Å²) < 4.78 is 88.3. The van der Waals surface area contributed by atoms with Gasteiger partial charge < -0.3 is 20.1 Å². The van der Waals surface area contributed by atoms with E-state index in [1.807, 2.05) is 0 Å². The van der Waals surface area contributed by atoms with Crippen LogP contribution >= 0.6 is 0 Å². The molecule has 1 aliphatic rings. The molecule has 0 spiro atoms. The Morgan fingerprint density at radius 1 is 0.974 bits per heavy atom. The fraction of sp³-hybridized carbons (Fsp3) is 0.304. The number of aliphatic hydroxyl groups is 3. The Bertz CT molecular complexity index is 1470. The average molecular weight is 556 g/mol. The minimum absolute atomic E-state index is 0.00718. The van der Waals surface area contributed by atoms with Crippen molar-refractivity contribution >= 4 is 0 Å². The van der Waals surface area contributed by atoms with Crippen molar-refractivity contribution < 1.29 is 46.4 Å². The lowest BCUT2D eigenvalue weighted by Crippen LogP contribution is -2.53. The topological polar surface area (TPSA) is 131 Å². The van der Waals surface area contributed by atoms with Crippen LogP contribution in [0.5, 0.6) is 0 Å². The lowest BCUT2D eigenvalue weighted by Gasteiger charge is -2.41. The zero-order chi connectivity index (χ0) is 28.1. The van der Waals surface area contributed by atoms with Crippen molar-refractivity contribution in [1.82, 2.24) is 29.8 Å². The number of rotatable bonds is 5. The highest BCUT2D eigenvalue weighted by atomic mass is 19.4. The third-order valence-corrected chi connectivity index (χ3v) is 6.27. The number of nitrogens with zero attached hydrogens (tertiary/aromatic N) is 6. The van der Waals surface area contributed by atoms with Crippen LogP contribution in [0.25, 0.3) is 16.9 Å². The van der Waals surface area contributed by atoms with Gasteiger partial charge in [0.15, 0.2) is 23.3 Å². The maximum absolute atomic E-state index is 13.7. The summed E-state index contributed by atoms with van der Waals surface area (Å²) in [6.45, 7) is -0.742. The van der Waals surface area contributed by atoms with Gasteiger partial charge >= 0.3 is 6.18 Å². The standard InChI is InChI=1S/C23H18F6N6O4/c24-13-4-10(5-14(25)17(13)26)15-7-35(33-31-15)18-19(37)16(8-36)39-21(20(18)38)22-32-30-9-34(22)12-3-1-2-11(6-12)23(27,28)29/h1-7,9,16,18-21,36-38H,8H2/t16-,18+,19+,20-,21-/m1/s1. The monoisotopic (exact) mass is 556 g/mol. The van der Waals surface area contributed by atoms with E-state index >= 15 is 0 Å². The number of ether oxygens (including phenoxy) is 1. The van der Waals surface area contributed by atoms with E-state index in [0.29, 0.717) is 12.1 Å². The van der Waals surface area contributed by atoms with Crippen molar-refractivity contribution in [3.8, 4) is 16.9 Å². The molecule has 0 bridgehead atoms. The Morgan fingerprint density at radius 2 is 1.69 bits per heavy atom. The first-order valence-electron chi connectivity index (χ1n) is 11.3. The van der Waals surface area contributed by atoms with Gasteiger partial charge in [-0.3, -0.25) is 4.57 Å². The average Bonchev–Trinajstić information content (AvgIpc) is 3.57. The van der Waals surface area contributed by atoms with E-state index in [2.05, 4.69) is 20.5 Å². The molecule has 0 aliphatic carbocycles. The highest BCUT2D eigenvalue weighted by Gasteiger charge is 2.48. The highest BCUT2D eigenvalue weighted by Crippen LogP contribution is 2.39. The number of benzene rings is 2. The second-order valence-corrected chi connectivity index (χ2v) is 8.69. The first kappa shape index (κ1) is 26.7. The Hall–Kier alpha value is -3.86. The van der Waals surface area contributed by atoms with Crippen molar-refractivity contribution in [3.63, 3.8) is 0 Å². The molecule has 1 fully saturated rings. The Kier molecular flexibility index (Phi) is 6.88. The molecule has 1 saturated heterocycles. The lowest BCUT2D eigenvalue weighted by atomic mass is 9.92. The first-order chi connectivity index (χ1) is 18.5. The summed E-state index contributed by atoms with van der Waals surface area (Å²) >= 11 is 0. The summed E-state index contributed by atoms with van der Waals surface area (Å²) in [5, 5.41) is 47.0. The van der Waals surface area contributed by atoms with Crippen LogP contribution in [0.3, 0.4) is 0 Å². The number of hydrogen-bond donors (Lipinski definition) is 3. The lowest BCUT2D eigenvalue weighted by molar-refractivity contribution is -0.210. The molecule has 16 heteroatoms. The molecule has 5 atom stereocenters. The van der Waals surface area contributed by atoms with Gasteiger partial charge in [-0.05, 0) is 30.3 Å². The summed E-state index contributed by atoms with van der Waals surface area (Å²) in [6, 6.07) is 4.20. The molecule has 4 aromatic rings. The number of aliphatic hydroxyl groups excluding tert-OH is 3. The van der Waals surface area contributed by atoms with Gasteiger partial charge in [0, 0.05) is 11.3 Å². The fourth-order valence-electron chi connectivity index (χ4n) is 4.35. The van der Waals surface area contributed by atoms with E-state index in [1.165, 1.54) is 12.1 Å². The number of aromatic nitrogens is 6. The fourth-order valence-corrected chi connectivity index (χ4v) is 4.35. The van der Waals surface area contributed by atoms with Gasteiger partial charge in [0.1, 0.15) is 42.5 Å². The van der Waals surface area contributed by atoms with Crippen molar-refractivity contribution in [3.05, 3.63) is 77.8 Å². The highest BCUT2D eigenvalue weighted by molar-refractivity contribution is 5.58. The van der Waals surface area contributed by atoms with E-state index in [1.54, 1.807) is 0 Å².